The third kappa shape index (κ3) is 7.97. The smallest absolute Gasteiger partial charge is 0.325 e. The lowest BCUT2D eigenvalue weighted by molar-refractivity contribution is -0.148. The number of nitrogens with one attached hydrogen (secondary N) is 1. The number of nitrogens with two attached hydrogens (primary N) is 2. The van der Waals surface area contributed by atoms with E-state index in [0.717, 1.165) is 0 Å². The van der Waals surface area contributed by atoms with Crippen molar-refractivity contribution in [3.05, 3.63) is 0 Å². The average Bonchev–Trinajstić information content (AvgIpc) is 2.21. The van der Waals surface area contributed by atoms with Gasteiger partial charge in [-0.15, -0.1) is 12.4 Å². The van der Waals surface area contributed by atoms with Gasteiger partial charge in [-0.2, -0.15) is 0 Å². The van der Waals surface area contributed by atoms with Gasteiger partial charge in [0.15, 0.2) is 0 Å². The van der Waals surface area contributed by atoms with Crippen molar-refractivity contribution < 1.29 is 24.2 Å². The number of halogens is 1. The highest BCUT2D eigenvalue weighted by Crippen LogP contribution is 1.83. The minimum atomic E-state index is -1.27. The predicted molar refractivity (Wildman–Crippen MR) is 55.9 cm³/mol. The molecule has 9 heteroatoms. The molecule has 0 aromatic rings. The molecule has 0 bridgehead atoms. The van der Waals surface area contributed by atoms with E-state index in [1.54, 1.807) is 0 Å². The Morgan fingerprint density at radius 1 is 1.38 bits per heavy atom. The van der Waals surface area contributed by atoms with Crippen LogP contribution in [0.3, 0.4) is 0 Å². The summed E-state index contributed by atoms with van der Waals surface area (Å²) in [5.41, 5.74) is 10.0. The summed E-state index contributed by atoms with van der Waals surface area (Å²) >= 11 is 0. The number of esters is 1. The Morgan fingerprint density at radius 3 is 2.38 bits per heavy atom. The second kappa shape index (κ2) is 8.89. The number of carboxylic acid groups (broad SMARTS) is 1. The lowest BCUT2D eigenvalue weighted by Crippen LogP contribution is -2.39. The molecule has 16 heavy (non-hydrogen) atoms. The Labute approximate surface area is 97.7 Å². The fourth-order valence-corrected chi connectivity index (χ4v) is 0.548. The first-order valence-corrected chi connectivity index (χ1v) is 4.08. The molecule has 0 fully saturated rings. The number of carboxylic acids is 1. The predicted octanol–water partition coefficient (Wildman–Crippen LogP) is -2.56. The molecule has 0 aliphatic heterocycles. The van der Waals surface area contributed by atoms with Crippen LogP contribution in [0.1, 0.15) is 0 Å². The second-order valence-electron chi connectivity index (χ2n) is 2.61. The lowest BCUT2D eigenvalue weighted by atomic mass is 10.3. The lowest BCUT2D eigenvalue weighted by Gasteiger charge is -2.08. The second-order valence-corrected chi connectivity index (χ2v) is 2.61. The van der Waals surface area contributed by atoms with E-state index in [9.17, 15) is 14.4 Å². The van der Waals surface area contributed by atoms with Crippen LogP contribution in [0.15, 0.2) is 0 Å². The van der Waals surface area contributed by atoms with Gasteiger partial charge >= 0.3 is 11.9 Å². The third-order valence-corrected chi connectivity index (χ3v) is 1.36. The van der Waals surface area contributed by atoms with Gasteiger partial charge in [-0.1, -0.05) is 0 Å². The summed E-state index contributed by atoms with van der Waals surface area (Å²) in [6, 6.07) is -1.26. The van der Waals surface area contributed by atoms with Crippen LogP contribution in [0.4, 0.5) is 0 Å². The van der Waals surface area contributed by atoms with Crippen molar-refractivity contribution in [3.63, 3.8) is 0 Å². The van der Waals surface area contributed by atoms with Crippen molar-refractivity contribution in [1.82, 2.24) is 5.32 Å². The van der Waals surface area contributed by atoms with E-state index in [-0.39, 0.29) is 25.5 Å². The molecule has 0 aromatic carbocycles. The number of carbonyl (C=O) groups is 3. The first-order valence-electron chi connectivity index (χ1n) is 4.08. The molecule has 8 nitrogen and oxygen atoms in total. The minimum absolute atomic E-state index is 0. The Hall–Kier alpha value is -1.38. The van der Waals surface area contributed by atoms with Gasteiger partial charge in [-0.05, 0) is 0 Å². The summed E-state index contributed by atoms with van der Waals surface area (Å²) in [5, 5.41) is 10.5. The van der Waals surface area contributed by atoms with Gasteiger partial charge < -0.3 is 26.6 Å². The van der Waals surface area contributed by atoms with Gasteiger partial charge in [-0.25, -0.2) is 0 Å². The molecule has 0 aliphatic rings. The van der Waals surface area contributed by atoms with Gasteiger partial charge in [-0.3, -0.25) is 14.4 Å². The average molecular weight is 256 g/mol. The first-order chi connectivity index (χ1) is 6.97. The maximum absolute atomic E-state index is 10.9. The van der Waals surface area contributed by atoms with E-state index < -0.39 is 30.5 Å². The van der Waals surface area contributed by atoms with Crippen LogP contribution in [-0.2, 0) is 19.1 Å². The van der Waals surface area contributed by atoms with E-state index in [1.807, 2.05) is 0 Å². The van der Waals surface area contributed by atoms with Crippen LogP contribution in [0.5, 0.6) is 0 Å². The fraction of sp³-hybridized carbons (Fsp3) is 0.571. The Bertz CT molecular complexity index is 260. The van der Waals surface area contributed by atoms with Crippen LogP contribution in [0.2, 0.25) is 0 Å². The monoisotopic (exact) mass is 255 g/mol. The molecule has 0 heterocycles. The molecule has 0 saturated heterocycles. The zero-order valence-corrected chi connectivity index (χ0v) is 9.16. The van der Waals surface area contributed by atoms with Crippen molar-refractivity contribution in [1.29, 1.82) is 0 Å². The molecule has 0 aromatic heterocycles. The highest BCUT2D eigenvalue weighted by Gasteiger charge is 2.14. The zero-order valence-electron chi connectivity index (χ0n) is 8.34. The zero-order chi connectivity index (χ0) is 11.8. The summed E-state index contributed by atoms with van der Waals surface area (Å²) in [5.74, 6) is -2.54. The van der Waals surface area contributed by atoms with Crippen molar-refractivity contribution in [3.8, 4) is 0 Å². The summed E-state index contributed by atoms with van der Waals surface area (Å²) in [6.07, 6.45) is 0. The Balaban J connectivity index is 0. The summed E-state index contributed by atoms with van der Waals surface area (Å²) < 4.78 is 4.46. The molecule has 94 valence electrons. The molecule has 0 spiro atoms. The Kier molecular flexibility index (Phi) is 9.46. The van der Waals surface area contributed by atoms with Crippen LogP contribution in [0.25, 0.3) is 0 Å². The largest absolute Gasteiger partial charge is 0.480 e. The number of aliphatic carboxylic acids is 1. The molecule has 1 atom stereocenters. The molecule has 0 aliphatic carbocycles. The first kappa shape index (κ1) is 17.0. The van der Waals surface area contributed by atoms with Crippen molar-refractivity contribution in [2.24, 2.45) is 11.5 Å². The minimum Gasteiger partial charge on any atom is -0.480 e. The summed E-state index contributed by atoms with van der Waals surface area (Å²) in [4.78, 5) is 31.7. The highest BCUT2D eigenvalue weighted by molar-refractivity contribution is 5.85. The highest BCUT2D eigenvalue weighted by atomic mass is 35.5. The molecule has 1 amide bonds. The molecule has 0 rings (SSSR count). The van der Waals surface area contributed by atoms with Crippen LogP contribution >= 0.6 is 12.4 Å². The van der Waals surface area contributed by atoms with Crippen LogP contribution < -0.4 is 16.8 Å². The number of hydrogen-bond donors (Lipinski definition) is 4. The maximum Gasteiger partial charge on any atom is 0.325 e. The SMILES string of the molecule is Cl.NCC(=O)NCC(=O)OCC(N)C(=O)O. The molecule has 1 unspecified atom stereocenters. The number of hydrogen-bond acceptors (Lipinski definition) is 6. The molecule has 0 saturated carbocycles. The topological polar surface area (TPSA) is 145 Å². The normalized spacial score (nSPS) is 10.9. The number of ether oxygens (including phenoxy) is 1. The third-order valence-electron chi connectivity index (χ3n) is 1.36. The van der Waals surface area contributed by atoms with E-state index in [0.29, 0.717) is 0 Å². The number of amides is 1. The number of rotatable bonds is 6. The molecular weight excluding hydrogens is 242 g/mol. The molecular formula is C7H14ClN3O5. The fourth-order valence-electron chi connectivity index (χ4n) is 0.548. The quantitative estimate of drug-likeness (QED) is 0.382. The van der Waals surface area contributed by atoms with E-state index >= 15 is 0 Å². The van der Waals surface area contributed by atoms with Crippen molar-refractivity contribution >= 4 is 30.3 Å². The Morgan fingerprint density at radius 2 is 1.94 bits per heavy atom. The standard InChI is InChI=1S/C7H13N3O5.ClH/c8-1-5(11)10-2-6(12)15-3-4(9)7(13)14;/h4H,1-3,8-9H2,(H,10,11)(H,13,14);1H. The van der Waals surface area contributed by atoms with E-state index in [2.05, 4.69) is 10.1 Å². The van der Waals surface area contributed by atoms with E-state index in [1.165, 1.54) is 0 Å². The molecule has 0 radical (unpaired) electrons. The van der Waals surface area contributed by atoms with Crippen molar-refractivity contribution in [2.45, 2.75) is 6.04 Å². The van der Waals surface area contributed by atoms with Crippen LogP contribution in [0, 0.1) is 0 Å². The van der Waals surface area contributed by atoms with Gasteiger partial charge in [0.1, 0.15) is 19.2 Å². The van der Waals surface area contributed by atoms with Gasteiger partial charge in [0.05, 0.1) is 6.54 Å². The van der Waals surface area contributed by atoms with Crippen LogP contribution in [-0.4, -0.2) is 48.7 Å². The van der Waals surface area contributed by atoms with Gasteiger partial charge in [0.2, 0.25) is 5.91 Å². The van der Waals surface area contributed by atoms with Gasteiger partial charge in [0, 0.05) is 0 Å². The summed E-state index contributed by atoms with van der Waals surface area (Å²) in [7, 11) is 0. The van der Waals surface area contributed by atoms with Gasteiger partial charge in [0.25, 0.3) is 0 Å². The molecule has 6 N–H and O–H groups in total. The number of carbonyl (C=O) groups excluding carboxylic acids is 2. The van der Waals surface area contributed by atoms with Crippen molar-refractivity contribution in [2.75, 3.05) is 19.7 Å². The summed E-state index contributed by atoms with van der Waals surface area (Å²) in [6.45, 7) is -1.03. The van der Waals surface area contributed by atoms with E-state index in [4.69, 9.17) is 16.6 Å². The maximum atomic E-state index is 10.9.